The van der Waals surface area contributed by atoms with Gasteiger partial charge in [-0.3, -0.25) is 9.48 Å². The quantitative estimate of drug-likeness (QED) is 0.353. The molecule has 1 aromatic heterocycles. The van der Waals surface area contributed by atoms with Crippen LogP contribution in [0, 0.1) is 11.3 Å². The van der Waals surface area contributed by atoms with E-state index in [0.29, 0.717) is 12.1 Å². The molecule has 2 aliphatic heterocycles. The van der Waals surface area contributed by atoms with Crippen LogP contribution in [-0.4, -0.2) is 50.9 Å². The van der Waals surface area contributed by atoms with Crippen LogP contribution in [0.3, 0.4) is 0 Å². The summed E-state index contributed by atoms with van der Waals surface area (Å²) < 4.78 is 7.65. The Kier molecular flexibility index (Phi) is 8.45. The standard InChI is InChI=1S/C35H46N4O4/c1-34(2,3)24-16-17-27(43-7)23(19-24)20-36-29-28(35(4,5)6)31(33(41)42)39(30(29)22-13-9-8-10-14-22)32(40)25-21-37-38-18-12-11-15-26(25)38/h8-10,13-14,16-17,19,21,28-31,36H,11-12,15,18,20H2,1-7H3,(H,41,42)/t28-,29-,30-,31-/m0/s1. The summed E-state index contributed by atoms with van der Waals surface area (Å²) in [6.45, 7) is 14.0. The molecule has 3 heterocycles. The Balaban J connectivity index is 1.62. The summed E-state index contributed by atoms with van der Waals surface area (Å²) >= 11 is 0. The second-order valence-electron chi connectivity index (χ2n) is 14.1. The summed E-state index contributed by atoms with van der Waals surface area (Å²) in [6.07, 6.45) is 4.41. The molecule has 0 unspecified atom stereocenters. The number of fused-ring (bicyclic) bond motifs is 1. The highest BCUT2D eigenvalue weighted by Gasteiger charge is 2.58. The van der Waals surface area contributed by atoms with Gasteiger partial charge in [0.25, 0.3) is 5.91 Å². The fourth-order valence-electron chi connectivity index (χ4n) is 7.06. The van der Waals surface area contributed by atoms with E-state index < -0.39 is 23.5 Å². The molecule has 0 spiro atoms. The number of hydrogen-bond acceptors (Lipinski definition) is 5. The van der Waals surface area contributed by atoms with Gasteiger partial charge in [0, 0.05) is 30.6 Å². The number of amides is 1. The van der Waals surface area contributed by atoms with Crippen LogP contribution < -0.4 is 10.1 Å². The van der Waals surface area contributed by atoms with Gasteiger partial charge >= 0.3 is 5.97 Å². The molecule has 8 nitrogen and oxygen atoms in total. The number of benzene rings is 2. The summed E-state index contributed by atoms with van der Waals surface area (Å²) in [5.41, 5.74) is 4.03. The number of nitrogens with zero attached hydrogens (tertiary/aromatic N) is 3. The van der Waals surface area contributed by atoms with Crippen LogP contribution >= 0.6 is 0 Å². The Morgan fingerprint density at radius 3 is 2.40 bits per heavy atom. The third kappa shape index (κ3) is 5.94. The van der Waals surface area contributed by atoms with E-state index >= 15 is 0 Å². The first kappa shape index (κ1) is 30.8. The van der Waals surface area contributed by atoms with E-state index in [1.807, 2.05) is 41.1 Å². The Morgan fingerprint density at radius 1 is 1.05 bits per heavy atom. The molecule has 43 heavy (non-hydrogen) atoms. The zero-order valence-corrected chi connectivity index (χ0v) is 26.6. The van der Waals surface area contributed by atoms with Gasteiger partial charge in [0.1, 0.15) is 11.8 Å². The fourth-order valence-corrected chi connectivity index (χ4v) is 7.06. The van der Waals surface area contributed by atoms with Crippen LogP contribution in [0.1, 0.15) is 93.2 Å². The zero-order valence-electron chi connectivity index (χ0n) is 26.6. The minimum Gasteiger partial charge on any atom is -0.496 e. The first-order valence-corrected chi connectivity index (χ1v) is 15.4. The van der Waals surface area contributed by atoms with Gasteiger partial charge in [0.2, 0.25) is 0 Å². The molecule has 1 amide bonds. The number of methoxy groups -OCH3 is 1. The number of carboxylic acids is 1. The molecule has 230 valence electrons. The molecule has 0 bridgehead atoms. The smallest absolute Gasteiger partial charge is 0.326 e. The molecule has 1 saturated heterocycles. The first-order valence-electron chi connectivity index (χ1n) is 15.4. The minimum atomic E-state index is -1.03. The maximum absolute atomic E-state index is 14.6. The van der Waals surface area contributed by atoms with E-state index in [1.54, 1.807) is 18.2 Å². The minimum absolute atomic E-state index is 0.0444. The first-order chi connectivity index (χ1) is 20.3. The lowest BCUT2D eigenvalue weighted by Gasteiger charge is -2.35. The van der Waals surface area contributed by atoms with Crippen molar-refractivity contribution in [2.24, 2.45) is 11.3 Å². The van der Waals surface area contributed by atoms with Crippen LogP contribution in [0.25, 0.3) is 0 Å². The lowest BCUT2D eigenvalue weighted by atomic mass is 9.72. The monoisotopic (exact) mass is 586 g/mol. The van der Waals surface area contributed by atoms with E-state index in [1.165, 1.54) is 5.56 Å². The second kappa shape index (κ2) is 11.8. The number of rotatable bonds is 7. The van der Waals surface area contributed by atoms with E-state index in [2.05, 4.69) is 64.1 Å². The number of hydrogen-bond donors (Lipinski definition) is 2. The Labute approximate surface area is 255 Å². The van der Waals surface area contributed by atoms with Gasteiger partial charge < -0.3 is 20.1 Å². The van der Waals surface area contributed by atoms with Crippen LogP contribution in [-0.2, 0) is 29.7 Å². The highest BCUT2D eigenvalue weighted by molar-refractivity contribution is 5.98. The van der Waals surface area contributed by atoms with E-state index in [0.717, 1.165) is 48.4 Å². The summed E-state index contributed by atoms with van der Waals surface area (Å²) in [5.74, 6) is -0.874. The van der Waals surface area contributed by atoms with Crippen molar-refractivity contribution in [3.05, 3.63) is 82.7 Å². The molecule has 2 aromatic carbocycles. The molecule has 0 saturated carbocycles. The van der Waals surface area contributed by atoms with Gasteiger partial charge in [-0.2, -0.15) is 5.10 Å². The van der Waals surface area contributed by atoms with Crippen molar-refractivity contribution in [3.63, 3.8) is 0 Å². The Morgan fingerprint density at radius 2 is 1.77 bits per heavy atom. The number of aromatic nitrogens is 2. The molecular formula is C35H46N4O4. The topological polar surface area (TPSA) is 96.7 Å². The summed E-state index contributed by atoms with van der Waals surface area (Å²) in [4.78, 5) is 29.4. The normalized spacial score (nSPS) is 22.3. The number of nitrogens with one attached hydrogen (secondary N) is 1. The SMILES string of the molecule is COc1ccc(C(C)(C)C)cc1CN[C@H]1[C@H](C(C)(C)C)[C@@H](C(=O)O)N(C(=O)c2cnn3c2CCCC3)[C@H]1c1ccccc1. The number of ether oxygens (including phenoxy) is 1. The van der Waals surface area contributed by atoms with Crippen molar-refractivity contribution in [3.8, 4) is 5.75 Å². The van der Waals surface area contributed by atoms with Gasteiger partial charge in [-0.15, -0.1) is 0 Å². The van der Waals surface area contributed by atoms with Crippen molar-refractivity contribution >= 4 is 11.9 Å². The largest absolute Gasteiger partial charge is 0.496 e. The molecule has 0 aliphatic carbocycles. The summed E-state index contributed by atoms with van der Waals surface area (Å²) in [6, 6.07) is 14.2. The van der Waals surface area contributed by atoms with Gasteiger partial charge in [0.05, 0.1) is 30.6 Å². The molecule has 2 aliphatic rings. The molecule has 8 heteroatoms. The zero-order chi connectivity index (χ0) is 31.1. The van der Waals surface area contributed by atoms with Crippen molar-refractivity contribution in [2.45, 2.75) is 97.4 Å². The summed E-state index contributed by atoms with van der Waals surface area (Å²) in [5, 5.41) is 19.1. The van der Waals surface area contributed by atoms with Gasteiger partial charge in [-0.05, 0) is 47.3 Å². The van der Waals surface area contributed by atoms with Crippen molar-refractivity contribution in [2.75, 3.05) is 7.11 Å². The van der Waals surface area contributed by atoms with Crippen molar-refractivity contribution < 1.29 is 19.4 Å². The molecule has 3 aromatic rings. The van der Waals surface area contributed by atoms with Crippen LogP contribution in [0.5, 0.6) is 5.75 Å². The Bertz CT molecular complexity index is 1470. The lowest BCUT2D eigenvalue weighted by Crippen LogP contribution is -2.48. The van der Waals surface area contributed by atoms with Crippen LogP contribution in [0.15, 0.2) is 54.7 Å². The number of carbonyl (C=O) groups is 2. The Hall–Kier alpha value is -3.65. The number of carboxylic acid groups (broad SMARTS) is 1. The number of aliphatic carboxylic acids is 1. The maximum Gasteiger partial charge on any atom is 0.326 e. The fraction of sp³-hybridized carbons (Fsp3) is 0.514. The highest BCUT2D eigenvalue weighted by atomic mass is 16.5. The van der Waals surface area contributed by atoms with E-state index in [-0.39, 0.29) is 23.3 Å². The molecular weight excluding hydrogens is 540 g/mol. The molecule has 0 radical (unpaired) electrons. The highest BCUT2D eigenvalue weighted by Crippen LogP contribution is 2.49. The van der Waals surface area contributed by atoms with Gasteiger partial charge in [0.15, 0.2) is 0 Å². The summed E-state index contributed by atoms with van der Waals surface area (Å²) in [7, 11) is 1.67. The van der Waals surface area contributed by atoms with Crippen LogP contribution in [0.2, 0.25) is 0 Å². The van der Waals surface area contributed by atoms with Gasteiger partial charge in [-0.25, -0.2) is 4.79 Å². The second-order valence-corrected chi connectivity index (χ2v) is 14.1. The number of aryl methyl sites for hydroxylation is 1. The molecule has 1 fully saturated rings. The number of carbonyl (C=O) groups excluding carboxylic acids is 1. The van der Waals surface area contributed by atoms with Crippen molar-refractivity contribution in [1.82, 2.24) is 20.0 Å². The third-order valence-electron chi connectivity index (χ3n) is 9.18. The van der Waals surface area contributed by atoms with E-state index in [4.69, 9.17) is 4.74 Å². The average molecular weight is 587 g/mol. The van der Waals surface area contributed by atoms with E-state index in [9.17, 15) is 14.7 Å². The predicted molar refractivity (Wildman–Crippen MR) is 167 cm³/mol. The lowest BCUT2D eigenvalue weighted by molar-refractivity contribution is -0.144. The molecule has 4 atom stereocenters. The number of likely N-dealkylation sites (tertiary alicyclic amines) is 1. The third-order valence-corrected chi connectivity index (χ3v) is 9.18. The maximum atomic E-state index is 14.6. The van der Waals surface area contributed by atoms with Gasteiger partial charge in [-0.1, -0.05) is 84.0 Å². The van der Waals surface area contributed by atoms with Crippen molar-refractivity contribution in [1.29, 1.82) is 0 Å². The average Bonchev–Trinajstić information content (AvgIpc) is 3.55. The predicted octanol–water partition coefficient (Wildman–Crippen LogP) is 6.00. The molecule has 2 N–H and O–H groups in total. The molecule has 5 rings (SSSR count). The van der Waals surface area contributed by atoms with Crippen LogP contribution in [0.4, 0.5) is 0 Å².